The van der Waals surface area contributed by atoms with Gasteiger partial charge in [0.05, 0.1) is 29.8 Å². The third-order valence-electron chi connectivity index (χ3n) is 6.37. The number of carbonyl (C=O) groups is 1. The van der Waals surface area contributed by atoms with E-state index < -0.39 is 18.1 Å². The molecule has 0 spiro atoms. The zero-order valence-electron chi connectivity index (χ0n) is 19.8. The molecular formula is C25H32N4O5. The number of hydrogen-bond donors (Lipinski definition) is 3. The summed E-state index contributed by atoms with van der Waals surface area (Å²) >= 11 is 0. The maximum absolute atomic E-state index is 12.2. The molecule has 4 rings (SSSR count). The van der Waals surface area contributed by atoms with E-state index in [0.717, 1.165) is 53.9 Å². The summed E-state index contributed by atoms with van der Waals surface area (Å²) in [7, 11) is 1.74. The molecule has 1 aliphatic heterocycles. The molecule has 0 radical (unpaired) electrons. The maximum Gasteiger partial charge on any atom is 0.323 e. The standard InChI is InChI=1S/C25H32N4O5/c1-15-10-18(13-28(3)24(15)31)23-27-20-11-17(12-26-22(16(2)30)25(32)33)7-8-21(20)29(23)14-19-6-4-5-9-34-19/h7-8,10-11,13,16,19,22,26,30H,4-6,9,12,14H2,1-3H3,(H,32,33)/t16-,19?,22+/m1/s1. The molecule has 3 heterocycles. The first-order chi connectivity index (χ1) is 16.2. The van der Waals surface area contributed by atoms with Gasteiger partial charge in [-0.15, -0.1) is 0 Å². The molecule has 9 nitrogen and oxygen atoms in total. The van der Waals surface area contributed by atoms with E-state index in [2.05, 4.69) is 9.88 Å². The number of aryl methyl sites for hydroxylation is 2. The van der Waals surface area contributed by atoms with Gasteiger partial charge in [-0.2, -0.15) is 0 Å². The predicted octanol–water partition coefficient (Wildman–Crippen LogP) is 2.20. The van der Waals surface area contributed by atoms with Crippen molar-refractivity contribution in [3.05, 3.63) is 51.9 Å². The number of nitrogens with one attached hydrogen (secondary N) is 1. The van der Waals surface area contributed by atoms with E-state index in [1.807, 2.05) is 24.3 Å². The number of carboxylic acid groups (broad SMARTS) is 1. The van der Waals surface area contributed by atoms with E-state index in [1.54, 1.807) is 24.7 Å². The number of aliphatic hydroxyl groups excluding tert-OH is 1. The molecule has 3 aromatic rings. The largest absolute Gasteiger partial charge is 0.480 e. The van der Waals surface area contributed by atoms with Crippen molar-refractivity contribution in [1.29, 1.82) is 0 Å². The van der Waals surface area contributed by atoms with Crippen molar-refractivity contribution in [3.8, 4) is 11.4 Å². The average molecular weight is 469 g/mol. The fourth-order valence-electron chi connectivity index (χ4n) is 4.54. The second-order valence-electron chi connectivity index (χ2n) is 9.12. The highest BCUT2D eigenvalue weighted by Gasteiger charge is 2.23. The van der Waals surface area contributed by atoms with E-state index in [1.165, 1.54) is 6.92 Å². The lowest BCUT2D eigenvalue weighted by molar-refractivity contribution is -0.142. The molecule has 0 bridgehead atoms. The molecule has 9 heteroatoms. The molecule has 182 valence electrons. The predicted molar refractivity (Wildman–Crippen MR) is 129 cm³/mol. The monoisotopic (exact) mass is 468 g/mol. The highest BCUT2D eigenvalue weighted by molar-refractivity contribution is 5.81. The second-order valence-corrected chi connectivity index (χ2v) is 9.12. The Kier molecular flexibility index (Phi) is 7.16. The lowest BCUT2D eigenvalue weighted by Crippen LogP contribution is -2.44. The molecule has 1 fully saturated rings. The Labute approximate surface area is 198 Å². The Hall–Kier alpha value is -3.01. The molecule has 34 heavy (non-hydrogen) atoms. The molecular weight excluding hydrogens is 436 g/mol. The normalized spacial score (nSPS) is 18.2. The van der Waals surface area contributed by atoms with Gasteiger partial charge in [-0.3, -0.25) is 14.9 Å². The lowest BCUT2D eigenvalue weighted by atomic mass is 10.1. The van der Waals surface area contributed by atoms with Gasteiger partial charge < -0.3 is 24.1 Å². The summed E-state index contributed by atoms with van der Waals surface area (Å²) in [6.07, 6.45) is 4.09. The van der Waals surface area contributed by atoms with Crippen molar-refractivity contribution >= 4 is 17.0 Å². The minimum Gasteiger partial charge on any atom is -0.480 e. The van der Waals surface area contributed by atoms with E-state index >= 15 is 0 Å². The number of aliphatic hydroxyl groups is 1. The molecule has 3 N–H and O–H groups in total. The number of ether oxygens (including phenoxy) is 1. The van der Waals surface area contributed by atoms with Crippen LogP contribution in [0.1, 0.15) is 37.3 Å². The lowest BCUT2D eigenvalue weighted by Gasteiger charge is -2.24. The molecule has 0 saturated carbocycles. The number of imidazole rings is 1. The smallest absolute Gasteiger partial charge is 0.323 e. The number of aliphatic carboxylic acids is 1. The van der Waals surface area contributed by atoms with Crippen LogP contribution in [0.15, 0.2) is 35.3 Å². The van der Waals surface area contributed by atoms with Crippen LogP contribution in [0.4, 0.5) is 0 Å². The number of hydrogen-bond acceptors (Lipinski definition) is 6. The summed E-state index contributed by atoms with van der Waals surface area (Å²) in [5.74, 6) is -0.333. The Morgan fingerprint density at radius 1 is 1.32 bits per heavy atom. The first-order valence-corrected chi connectivity index (χ1v) is 11.7. The highest BCUT2D eigenvalue weighted by atomic mass is 16.5. The summed E-state index contributed by atoms with van der Waals surface area (Å²) in [5, 5.41) is 21.9. The summed E-state index contributed by atoms with van der Waals surface area (Å²) in [6, 6.07) is 6.66. The number of pyridine rings is 1. The number of carboxylic acids is 1. The third-order valence-corrected chi connectivity index (χ3v) is 6.37. The molecule has 1 aromatic carbocycles. The fraction of sp³-hybridized carbons (Fsp3) is 0.480. The number of rotatable bonds is 8. The van der Waals surface area contributed by atoms with Crippen molar-refractivity contribution in [2.45, 2.75) is 64.4 Å². The van der Waals surface area contributed by atoms with E-state index in [4.69, 9.17) is 9.72 Å². The van der Waals surface area contributed by atoms with Crippen LogP contribution in [-0.4, -0.2) is 55.2 Å². The molecule has 3 atom stereocenters. The zero-order chi connectivity index (χ0) is 24.4. The Morgan fingerprint density at radius 2 is 2.12 bits per heavy atom. The first kappa shape index (κ1) is 24.1. The summed E-state index contributed by atoms with van der Waals surface area (Å²) in [5.41, 5.74) is 4.05. The van der Waals surface area contributed by atoms with Crippen molar-refractivity contribution < 1.29 is 19.7 Å². The van der Waals surface area contributed by atoms with Crippen molar-refractivity contribution in [2.75, 3.05) is 6.61 Å². The molecule has 1 aliphatic rings. The van der Waals surface area contributed by atoms with Gasteiger partial charge in [0.1, 0.15) is 11.9 Å². The van der Waals surface area contributed by atoms with Crippen LogP contribution in [0, 0.1) is 6.92 Å². The molecule has 0 amide bonds. The van der Waals surface area contributed by atoms with E-state index in [-0.39, 0.29) is 18.2 Å². The van der Waals surface area contributed by atoms with Crippen LogP contribution in [0.5, 0.6) is 0 Å². The zero-order valence-corrected chi connectivity index (χ0v) is 19.8. The minimum atomic E-state index is -1.10. The van der Waals surface area contributed by atoms with Crippen LogP contribution in [0.2, 0.25) is 0 Å². The average Bonchev–Trinajstić information content (AvgIpc) is 3.15. The van der Waals surface area contributed by atoms with Crippen molar-refractivity contribution in [3.63, 3.8) is 0 Å². The van der Waals surface area contributed by atoms with Gasteiger partial charge in [0.15, 0.2) is 0 Å². The van der Waals surface area contributed by atoms with E-state index in [9.17, 15) is 19.8 Å². The van der Waals surface area contributed by atoms with Crippen LogP contribution < -0.4 is 10.9 Å². The minimum absolute atomic E-state index is 0.0403. The third kappa shape index (κ3) is 5.06. The van der Waals surface area contributed by atoms with Gasteiger partial charge >= 0.3 is 5.97 Å². The van der Waals surface area contributed by atoms with Crippen LogP contribution >= 0.6 is 0 Å². The van der Waals surface area contributed by atoms with Gasteiger partial charge in [-0.1, -0.05) is 6.07 Å². The Bertz CT molecular complexity index is 1210. The van der Waals surface area contributed by atoms with Gasteiger partial charge in [-0.25, -0.2) is 4.98 Å². The van der Waals surface area contributed by atoms with Gasteiger partial charge in [0.2, 0.25) is 0 Å². The number of fused-ring (bicyclic) bond motifs is 1. The van der Waals surface area contributed by atoms with Crippen molar-refractivity contribution in [1.82, 2.24) is 19.4 Å². The van der Waals surface area contributed by atoms with Gasteiger partial charge in [-0.05, 0) is 56.9 Å². The van der Waals surface area contributed by atoms with Gasteiger partial charge in [0.25, 0.3) is 5.56 Å². The quantitative estimate of drug-likeness (QED) is 0.464. The fourth-order valence-corrected chi connectivity index (χ4v) is 4.54. The summed E-state index contributed by atoms with van der Waals surface area (Å²) in [6.45, 7) is 4.95. The summed E-state index contributed by atoms with van der Waals surface area (Å²) in [4.78, 5) is 28.5. The molecule has 1 saturated heterocycles. The first-order valence-electron chi connectivity index (χ1n) is 11.7. The van der Waals surface area contributed by atoms with E-state index in [0.29, 0.717) is 12.1 Å². The highest BCUT2D eigenvalue weighted by Crippen LogP contribution is 2.28. The van der Waals surface area contributed by atoms with Crippen LogP contribution in [-0.2, 0) is 29.7 Å². The topological polar surface area (TPSA) is 119 Å². The van der Waals surface area contributed by atoms with Crippen molar-refractivity contribution in [2.24, 2.45) is 7.05 Å². The molecule has 1 unspecified atom stereocenters. The Morgan fingerprint density at radius 3 is 2.76 bits per heavy atom. The number of benzene rings is 1. The van der Waals surface area contributed by atoms with Crippen LogP contribution in [0.3, 0.4) is 0 Å². The molecule has 0 aliphatic carbocycles. The van der Waals surface area contributed by atoms with Crippen LogP contribution in [0.25, 0.3) is 22.4 Å². The summed E-state index contributed by atoms with van der Waals surface area (Å²) < 4.78 is 9.72. The second kappa shape index (κ2) is 10.1. The Balaban J connectivity index is 1.72. The molecule has 2 aromatic heterocycles. The maximum atomic E-state index is 12.2. The number of nitrogens with zero attached hydrogens (tertiary/aromatic N) is 3. The van der Waals surface area contributed by atoms with Gasteiger partial charge in [0, 0.05) is 37.5 Å². The number of aromatic nitrogens is 3. The SMILES string of the molecule is Cc1cc(-c2nc3cc(CN[C@H](C(=O)O)[C@@H](C)O)ccc3n2CC2CCCCO2)cn(C)c1=O.